The van der Waals surface area contributed by atoms with Crippen LogP contribution in [0.25, 0.3) is 11.0 Å². The number of rotatable bonds is 8. The van der Waals surface area contributed by atoms with Crippen LogP contribution in [-0.2, 0) is 17.9 Å². The molecule has 0 fully saturated rings. The summed E-state index contributed by atoms with van der Waals surface area (Å²) in [4.78, 5) is 25.2. The largest absolute Gasteiger partial charge is 0.497 e. The fraction of sp³-hybridized carbons (Fsp3) is 0.364. The monoisotopic (exact) mass is 397 g/mol. The van der Waals surface area contributed by atoms with Gasteiger partial charge in [0.2, 0.25) is 5.91 Å². The first-order valence-corrected chi connectivity index (χ1v) is 9.69. The highest BCUT2D eigenvalue weighted by Gasteiger charge is 2.17. The summed E-state index contributed by atoms with van der Waals surface area (Å²) in [5.41, 5.74) is 2.50. The summed E-state index contributed by atoms with van der Waals surface area (Å²) in [6.45, 7) is 4.75. The number of benzene rings is 2. The third-order valence-corrected chi connectivity index (χ3v) is 5.09. The Hall–Kier alpha value is -3.22. The molecule has 7 heteroatoms. The number of hydrogen-bond donors (Lipinski definition) is 1. The van der Waals surface area contributed by atoms with Gasteiger partial charge in [-0.05, 0) is 38.1 Å². The third-order valence-electron chi connectivity index (χ3n) is 5.09. The fourth-order valence-corrected chi connectivity index (χ4v) is 3.58. The second-order valence-corrected chi connectivity index (χ2v) is 6.81. The van der Waals surface area contributed by atoms with Crippen LogP contribution in [0, 0.1) is 0 Å². The Kier molecular flexibility index (Phi) is 6.26. The van der Waals surface area contributed by atoms with Gasteiger partial charge in [-0.15, -0.1) is 0 Å². The number of hydrogen-bond acceptors (Lipinski definition) is 4. The molecule has 1 amide bonds. The Balaban J connectivity index is 1.72. The van der Waals surface area contributed by atoms with Gasteiger partial charge in [0.25, 0.3) is 0 Å². The number of carbonyl (C=O) groups excluding carboxylic acids is 1. The maximum atomic E-state index is 12.7. The molecule has 2 aromatic carbocycles. The van der Waals surface area contributed by atoms with Crippen molar-refractivity contribution in [2.75, 3.05) is 14.2 Å². The molecule has 7 nitrogen and oxygen atoms in total. The number of carbonyl (C=O) groups is 1. The zero-order valence-electron chi connectivity index (χ0n) is 17.3. The van der Waals surface area contributed by atoms with Gasteiger partial charge in [0, 0.05) is 31.1 Å². The average Bonchev–Trinajstić information content (AvgIpc) is 3.02. The van der Waals surface area contributed by atoms with Crippen molar-refractivity contribution in [1.82, 2.24) is 14.5 Å². The number of imidazole rings is 1. The minimum atomic E-state index is -0.239. The van der Waals surface area contributed by atoms with Crippen LogP contribution in [0.5, 0.6) is 11.5 Å². The van der Waals surface area contributed by atoms with Gasteiger partial charge in [-0.25, -0.2) is 4.79 Å². The van der Waals surface area contributed by atoms with Gasteiger partial charge in [0.05, 0.1) is 31.3 Å². The molecular weight excluding hydrogens is 370 g/mol. The van der Waals surface area contributed by atoms with Crippen molar-refractivity contribution < 1.29 is 14.3 Å². The van der Waals surface area contributed by atoms with E-state index in [1.54, 1.807) is 29.4 Å². The number of nitrogens with zero attached hydrogens (tertiary/aromatic N) is 2. The molecule has 0 aliphatic heterocycles. The minimum absolute atomic E-state index is 0.0913. The zero-order valence-corrected chi connectivity index (χ0v) is 17.3. The van der Waals surface area contributed by atoms with Gasteiger partial charge >= 0.3 is 5.69 Å². The summed E-state index contributed by atoms with van der Waals surface area (Å²) in [6.07, 6.45) is 0.209. The molecule has 1 N–H and O–H groups in total. The van der Waals surface area contributed by atoms with Crippen LogP contribution in [-0.4, -0.2) is 29.3 Å². The van der Waals surface area contributed by atoms with Gasteiger partial charge in [0.15, 0.2) is 0 Å². The van der Waals surface area contributed by atoms with E-state index in [1.165, 1.54) is 0 Å². The molecule has 29 heavy (non-hydrogen) atoms. The molecule has 1 atom stereocenters. The lowest BCUT2D eigenvalue weighted by Crippen LogP contribution is -2.30. The second-order valence-electron chi connectivity index (χ2n) is 6.81. The molecule has 0 bridgehead atoms. The van der Waals surface area contributed by atoms with E-state index in [1.807, 2.05) is 50.2 Å². The Bertz CT molecular complexity index is 1070. The molecule has 0 radical (unpaired) electrons. The quantitative estimate of drug-likeness (QED) is 0.634. The van der Waals surface area contributed by atoms with E-state index in [0.717, 1.165) is 16.6 Å². The van der Waals surface area contributed by atoms with Crippen molar-refractivity contribution in [2.24, 2.45) is 0 Å². The van der Waals surface area contributed by atoms with Crippen LogP contribution in [0.3, 0.4) is 0 Å². The van der Waals surface area contributed by atoms with Crippen LogP contribution in [0.1, 0.15) is 31.9 Å². The highest BCUT2D eigenvalue weighted by molar-refractivity contribution is 5.78. The molecular formula is C22H27N3O4. The van der Waals surface area contributed by atoms with Crippen molar-refractivity contribution in [3.63, 3.8) is 0 Å². The standard InChI is InChI=1S/C22H27N3O4/c1-5-24-18-8-6-7-9-19(18)25(22(24)27)13-12-21(26)23-15(2)17-11-10-16(28-3)14-20(17)29-4/h6-11,14-15H,5,12-13H2,1-4H3,(H,23,26). The topological polar surface area (TPSA) is 74.5 Å². The Morgan fingerprint density at radius 1 is 1.07 bits per heavy atom. The average molecular weight is 397 g/mol. The molecule has 154 valence electrons. The molecule has 0 aliphatic carbocycles. The van der Waals surface area contributed by atoms with E-state index in [0.29, 0.717) is 24.6 Å². The van der Waals surface area contributed by atoms with Crippen molar-refractivity contribution in [1.29, 1.82) is 0 Å². The van der Waals surface area contributed by atoms with Crippen molar-refractivity contribution >= 4 is 16.9 Å². The third kappa shape index (κ3) is 4.13. The Morgan fingerprint density at radius 2 is 1.76 bits per heavy atom. The summed E-state index contributed by atoms with van der Waals surface area (Å²) in [6, 6.07) is 12.9. The number of aryl methyl sites for hydroxylation is 2. The predicted molar refractivity (Wildman–Crippen MR) is 113 cm³/mol. The molecule has 1 heterocycles. The lowest BCUT2D eigenvalue weighted by atomic mass is 10.1. The minimum Gasteiger partial charge on any atom is -0.497 e. The maximum absolute atomic E-state index is 12.7. The van der Waals surface area contributed by atoms with Crippen LogP contribution in [0.4, 0.5) is 0 Å². The summed E-state index contributed by atoms with van der Waals surface area (Å²) < 4.78 is 14.0. The molecule has 1 aromatic heterocycles. The van der Waals surface area contributed by atoms with E-state index < -0.39 is 0 Å². The first kappa shape index (κ1) is 20.5. The molecule has 3 aromatic rings. The Morgan fingerprint density at radius 3 is 2.38 bits per heavy atom. The summed E-state index contributed by atoms with van der Waals surface area (Å²) in [5.74, 6) is 1.21. The van der Waals surface area contributed by atoms with Gasteiger partial charge in [-0.1, -0.05) is 12.1 Å². The van der Waals surface area contributed by atoms with Gasteiger partial charge in [-0.3, -0.25) is 13.9 Å². The van der Waals surface area contributed by atoms with Gasteiger partial charge in [-0.2, -0.15) is 0 Å². The van der Waals surface area contributed by atoms with E-state index in [-0.39, 0.29) is 24.1 Å². The molecule has 0 saturated carbocycles. The van der Waals surface area contributed by atoms with E-state index >= 15 is 0 Å². The van der Waals surface area contributed by atoms with Crippen LogP contribution in [0.2, 0.25) is 0 Å². The zero-order chi connectivity index (χ0) is 21.0. The number of nitrogens with one attached hydrogen (secondary N) is 1. The molecule has 0 saturated heterocycles. The van der Waals surface area contributed by atoms with Crippen LogP contribution < -0.4 is 20.5 Å². The van der Waals surface area contributed by atoms with E-state index in [9.17, 15) is 9.59 Å². The summed E-state index contributed by atoms with van der Waals surface area (Å²) >= 11 is 0. The number of amides is 1. The molecule has 0 spiro atoms. The van der Waals surface area contributed by atoms with Crippen LogP contribution >= 0.6 is 0 Å². The number of ether oxygens (including phenoxy) is 2. The maximum Gasteiger partial charge on any atom is 0.329 e. The number of fused-ring (bicyclic) bond motifs is 1. The molecule has 0 aliphatic rings. The second kappa shape index (κ2) is 8.86. The van der Waals surface area contributed by atoms with Gasteiger partial charge < -0.3 is 14.8 Å². The highest BCUT2D eigenvalue weighted by Crippen LogP contribution is 2.29. The summed E-state index contributed by atoms with van der Waals surface area (Å²) in [7, 11) is 3.18. The Labute approximate surface area is 169 Å². The molecule has 1 unspecified atom stereocenters. The molecule has 3 rings (SSSR count). The predicted octanol–water partition coefficient (Wildman–Crippen LogP) is 3.11. The fourth-order valence-electron chi connectivity index (χ4n) is 3.58. The smallest absolute Gasteiger partial charge is 0.329 e. The first-order chi connectivity index (χ1) is 14.0. The van der Waals surface area contributed by atoms with Crippen molar-refractivity contribution in [3.8, 4) is 11.5 Å². The van der Waals surface area contributed by atoms with Crippen molar-refractivity contribution in [2.45, 2.75) is 39.4 Å². The first-order valence-electron chi connectivity index (χ1n) is 9.69. The number of aromatic nitrogens is 2. The number of methoxy groups -OCH3 is 2. The lowest BCUT2D eigenvalue weighted by Gasteiger charge is -2.18. The highest BCUT2D eigenvalue weighted by atomic mass is 16.5. The van der Waals surface area contributed by atoms with E-state index in [4.69, 9.17) is 9.47 Å². The normalized spacial score (nSPS) is 12.0. The summed E-state index contributed by atoms with van der Waals surface area (Å²) in [5, 5.41) is 2.99. The van der Waals surface area contributed by atoms with Crippen molar-refractivity contribution in [3.05, 3.63) is 58.5 Å². The van der Waals surface area contributed by atoms with Crippen LogP contribution in [0.15, 0.2) is 47.3 Å². The lowest BCUT2D eigenvalue weighted by molar-refractivity contribution is -0.121. The number of para-hydroxylation sites is 2. The SMILES string of the molecule is CCn1c(=O)n(CCC(=O)NC(C)c2ccc(OC)cc2OC)c2ccccc21. The van der Waals surface area contributed by atoms with Gasteiger partial charge in [0.1, 0.15) is 11.5 Å². The van der Waals surface area contributed by atoms with E-state index in [2.05, 4.69) is 5.32 Å².